The number of rotatable bonds is 6. The summed E-state index contributed by atoms with van der Waals surface area (Å²) in [5.41, 5.74) is 2.42. The van der Waals surface area contributed by atoms with E-state index in [9.17, 15) is 9.90 Å². The molecule has 1 saturated heterocycles. The Morgan fingerprint density at radius 3 is 2.80 bits per heavy atom. The Hall–Kier alpha value is -2.34. The first-order chi connectivity index (χ1) is 12.1. The van der Waals surface area contributed by atoms with Crippen molar-refractivity contribution in [3.8, 4) is 5.75 Å². The van der Waals surface area contributed by atoms with E-state index in [1.54, 1.807) is 18.3 Å². The van der Waals surface area contributed by atoms with Gasteiger partial charge in [-0.2, -0.15) is 5.10 Å². The van der Waals surface area contributed by atoms with E-state index in [1.807, 2.05) is 24.0 Å². The van der Waals surface area contributed by atoms with E-state index < -0.39 is 0 Å². The molecule has 1 unspecified atom stereocenters. The number of amides is 1. The van der Waals surface area contributed by atoms with Crippen LogP contribution in [0.3, 0.4) is 0 Å². The van der Waals surface area contributed by atoms with Gasteiger partial charge in [-0.25, -0.2) is 0 Å². The van der Waals surface area contributed by atoms with E-state index in [4.69, 9.17) is 0 Å². The van der Waals surface area contributed by atoms with Gasteiger partial charge in [0.15, 0.2) is 0 Å². The number of benzene rings is 1. The van der Waals surface area contributed by atoms with Gasteiger partial charge in [0, 0.05) is 24.8 Å². The van der Waals surface area contributed by atoms with Crippen LogP contribution in [0.1, 0.15) is 41.4 Å². The quantitative estimate of drug-likeness (QED) is 0.846. The number of phenols is 1. The molecular weight excluding hydrogens is 316 g/mol. The lowest BCUT2D eigenvalue weighted by Gasteiger charge is -2.30. The van der Waals surface area contributed by atoms with Crippen molar-refractivity contribution in [3.05, 3.63) is 47.3 Å². The SMILES string of the molecule is CCN1CCCC1CN(Cc1ccc(O)cc1)C(=O)c1cn[nH]c1C. The molecule has 1 atom stereocenters. The second kappa shape index (κ2) is 7.70. The summed E-state index contributed by atoms with van der Waals surface area (Å²) in [6.07, 6.45) is 3.91. The fourth-order valence-electron chi connectivity index (χ4n) is 3.55. The number of phenolic OH excluding ortho intramolecular Hbond substituents is 1. The number of hydrogen-bond donors (Lipinski definition) is 2. The number of carbonyl (C=O) groups excluding carboxylic acids is 1. The van der Waals surface area contributed by atoms with E-state index in [0.717, 1.165) is 30.8 Å². The molecule has 1 aromatic heterocycles. The molecule has 0 radical (unpaired) electrons. The van der Waals surface area contributed by atoms with Gasteiger partial charge in [0.2, 0.25) is 0 Å². The summed E-state index contributed by atoms with van der Waals surface area (Å²) in [5, 5.41) is 16.3. The average molecular weight is 342 g/mol. The molecular formula is C19H26N4O2. The molecule has 0 spiro atoms. The van der Waals surface area contributed by atoms with Crippen LogP contribution in [0.25, 0.3) is 0 Å². The van der Waals surface area contributed by atoms with Gasteiger partial charge in [-0.05, 0) is 50.6 Å². The van der Waals surface area contributed by atoms with Crippen molar-refractivity contribution < 1.29 is 9.90 Å². The van der Waals surface area contributed by atoms with Crippen molar-refractivity contribution in [2.75, 3.05) is 19.6 Å². The van der Waals surface area contributed by atoms with Crippen LogP contribution in [-0.4, -0.2) is 56.7 Å². The number of carbonyl (C=O) groups is 1. The van der Waals surface area contributed by atoms with Gasteiger partial charge in [-0.15, -0.1) is 0 Å². The zero-order chi connectivity index (χ0) is 17.8. The molecule has 0 bridgehead atoms. The monoisotopic (exact) mass is 342 g/mol. The molecule has 134 valence electrons. The van der Waals surface area contributed by atoms with Gasteiger partial charge in [0.05, 0.1) is 11.8 Å². The van der Waals surface area contributed by atoms with Crippen LogP contribution in [0.15, 0.2) is 30.5 Å². The lowest BCUT2D eigenvalue weighted by atomic mass is 10.1. The van der Waals surface area contributed by atoms with E-state index in [2.05, 4.69) is 22.0 Å². The van der Waals surface area contributed by atoms with E-state index in [1.165, 1.54) is 6.42 Å². The molecule has 2 N–H and O–H groups in total. The summed E-state index contributed by atoms with van der Waals surface area (Å²) in [4.78, 5) is 17.4. The first kappa shape index (κ1) is 17.5. The average Bonchev–Trinajstić information content (AvgIpc) is 3.24. The highest BCUT2D eigenvalue weighted by molar-refractivity contribution is 5.95. The maximum absolute atomic E-state index is 13.1. The smallest absolute Gasteiger partial charge is 0.257 e. The van der Waals surface area contributed by atoms with Gasteiger partial charge < -0.3 is 10.0 Å². The minimum atomic E-state index is 0.00211. The third-order valence-corrected chi connectivity index (χ3v) is 4.99. The molecule has 6 nitrogen and oxygen atoms in total. The normalized spacial score (nSPS) is 17.8. The largest absolute Gasteiger partial charge is 0.508 e. The van der Waals surface area contributed by atoms with Crippen LogP contribution in [-0.2, 0) is 6.54 Å². The van der Waals surface area contributed by atoms with E-state index >= 15 is 0 Å². The number of aromatic amines is 1. The summed E-state index contributed by atoms with van der Waals surface area (Å²) in [7, 11) is 0. The summed E-state index contributed by atoms with van der Waals surface area (Å²) in [6.45, 7) is 7.39. The lowest BCUT2D eigenvalue weighted by molar-refractivity contribution is 0.0691. The third kappa shape index (κ3) is 4.02. The molecule has 25 heavy (non-hydrogen) atoms. The number of likely N-dealkylation sites (tertiary alicyclic amines) is 1. The van der Waals surface area contributed by atoms with Gasteiger partial charge in [0.25, 0.3) is 5.91 Å². The predicted octanol–water partition coefficient (Wildman–Crippen LogP) is 2.55. The standard InChI is InChI=1S/C19H26N4O2/c1-3-22-10-4-5-16(22)13-23(12-15-6-8-17(24)9-7-15)19(25)18-11-20-21-14(18)2/h6-9,11,16,24H,3-5,10,12-13H2,1-2H3,(H,20,21). The fraction of sp³-hybridized carbons (Fsp3) is 0.474. The number of nitrogens with one attached hydrogen (secondary N) is 1. The second-order valence-electron chi connectivity index (χ2n) is 6.69. The molecule has 1 aromatic carbocycles. The Kier molecular flexibility index (Phi) is 5.38. The summed E-state index contributed by atoms with van der Waals surface area (Å²) in [5.74, 6) is 0.238. The number of hydrogen-bond acceptors (Lipinski definition) is 4. The summed E-state index contributed by atoms with van der Waals surface area (Å²) < 4.78 is 0. The van der Waals surface area contributed by atoms with Crippen molar-refractivity contribution in [1.29, 1.82) is 0 Å². The van der Waals surface area contributed by atoms with Gasteiger partial charge in [0.1, 0.15) is 5.75 Å². The topological polar surface area (TPSA) is 72.5 Å². The zero-order valence-electron chi connectivity index (χ0n) is 14.9. The van der Waals surface area contributed by atoms with Crippen LogP contribution < -0.4 is 0 Å². The van der Waals surface area contributed by atoms with Crippen LogP contribution in [0.5, 0.6) is 5.75 Å². The molecule has 1 amide bonds. The third-order valence-electron chi connectivity index (χ3n) is 4.99. The minimum absolute atomic E-state index is 0.00211. The molecule has 1 aliphatic rings. The number of likely N-dealkylation sites (N-methyl/N-ethyl adjacent to an activating group) is 1. The zero-order valence-corrected chi connectivity index (χ0v) is 14.9. The number of aromatic hydroxyl groups is 1. The number of H-pyrrole nitrogens is 1. The van der Waals surface area contributed by atoms with Crippen LogP contribution in [0, 0.1) is 6.92 Å². The van der Waals surface area contributed by atoms with Gasteiger partial charge in [-0.3, -0.25) is 14.8 Å². The number of aromatic nitrogens is 2. The van der Waals surface area contributed by atoms with Gasteiger partial charge >= 0.3 is 0 Å². The minimum Gasteiger partial charge on any atom is -0.508 e. The first-order valence-electron chi connectivity index (χ1n) is 8.89. The van der Waals surface area contributed by atoms with Gasteiger partial charge in [-0.1, -0.05) is 19.1 Å². The van der Waals surface area contributed by atoms with Crippen molar-refractivity contribution in [1.82, 2.24) is 20.0 Å². The highest BCUT2D eigenvalue weighted by Crippen LogP contribution is 2.21. The Morgan fingerprint density at radius 1 is 1.40 bits per heavy atom. The molecule has 2 aromatic rings. The lowest BCUT2D eigenvalue weighted by Crippen LogP contribution is -2.42. The molecule has 1 aliphatic heterocycles. The Labute approximate surface area is 148 Å². The summed E-state index contributed by atoms with van der Waals surface area (Å²) >= 11 is 0. The second-order valence-corrected chi connectivity index (χ2v) is 6.69. The maximum atomic E-state index is 13.1. The van der Waals surface area contributed by atoms with Crippen LogP contribution >= 0.6 is 0 Å². The molecule has 2 heterocycles. The predicted molar refractivity (Wildman–Crippen MR) is 96.4 cm³/mol. The van der Waals surface area contributed by atoms with E-state index in [-0.39, 0.29) is 11.7 Å². The Bertz CT molecular complexity index is 710. The fourth-order valence-corrected chi connectivity index (χ4v) is 3.55. The highest BCUT2D eigenvalue weighted by Gasteiger charge is 2.28. The van der Waals surface area contributed by atoms with Crippen LogP contribution in [0.4, 0.5) is 0 Å². The van der Waals surface area contributed by atoms with Crippen molar-refractivity contribution >= 4 is 5.91 Å². The maximum Gasteiger partial charge on any atom is 0.257 e. The molecule has 0 aliphatic carbocycles. The summed E-state index contributed by atoms with van der Waals surface area (Å²) in [6, 6.07) is 7.45. The van der Waals surface area contributed by atoms with E-state index in [0.29, 0.717) is 24.7 Å². The molecule has 1 fully saturated rings. The molecule has 0 saturated carbocycles. The van der Waals surface area contributed by atoms with Crippen molar-refractivity contribution in [2.45, 2.75) is 39.3 Å². The van der Waals surface area contributed by atoms with Crippen molar-refractivity contribution in [3.63, 3.8) is 0 Å². The number of nitrogens with zero attached hydrogens (tertiary/aromatic N) is 3. The number of aryl methyl sites for hydroxylation is 1. The first-order valence-corrected chi connectivity index (χ1v) is 8.89. The van der Waals surface area contributed by atoms with Crippen LogP contribution in [0.2, 0.25) is 0 Å². The highest BCUT2D eigenvalue weighted by atomic mass is 16.3. The van der Waals surface area contributed by atoms with Crippen molar-refractivity contribution in [2.24, 2.45) is 0 Å². The Morgan fingerprint density at radius 2 is 2.16 bits per heavy atom. The molecule has 6 heteroatoms. The Balaban J connectivity index is 1.81. The molecule has 3 rings (SSSR count).